The highest BCUT2D eigenvalue weighted by Crippen LogP contribution is 2.68. The highest BCUT2D eigenvalue weighted by molar-refractivity contribution is 7.66. The summed E-state index contributed by atoms with van der Waals surface area (Å²) in [7, 11) is -21.4. The number of aryl methyl sites for hydroxylation is 1. The Labute approximate surface area is 469 Å². The minimum absolute atomic E-state index is 0.0137. The number of H-pyrrole nitrogens is 2. The number of carbonyl (C=O) groups is 1. The van der Waals surface area contributed by atoms with Crippen molar-refractivity contribution in [2.24, 2.45) is 13.0 Å². The molecule has 1 amide bonds. The van der Waals surface area contributed by atoms with E-state index in [1.807, 2.05) is 6.92 Å². The van der Waals surface area contributed by atoms with Crippen LogP contribution in [0.2, 0.25) is 0 Å². The summed E-state index contributed by atoms with van der Waals surface area (Å²) >= 11 is 0. The molecule has 41 nitrogen and oxygen atoms in total. The predicted molar refractivity (Wildman–Crippen MR) is 273 cm³/mol. The van der Waals surface area contributed by atoms with Crippen molar-refractivity contribution >= 4 is 88.6 Å². The second-order valence-electron chi connectivity index (χ2n) is 18.8. The molecule has 0 aromatic carbocycles. The number of anilines is 3. The first-order valence-corrected chi connectivity index (χ1v) is 30.7. The van der Waals surface area contributed by atoms with Gasteiger partial charge in [0.05, 0.1) is 52.2 Å². The van der Waals surface area contributed by atoms with Crippen LogP contribution < -0.4 is 43.1 Å². The van der Waals surface area contributed by atoms with Gasteiger partial charge in [0.25, 0.3) is 24.5 Å². The third-order valence-corrected chi connectivity index (χ3v) is 18.4. The number of carbonyl (C=O) groups excluding carboxylic acids is 1. The fourth-order valence-electron chi connectivity index (χ4n) is 9.39. The number of hydrogen-bond acceptors (Lipinski definition) is 31. The van der Waals surface area contributed by atoms with E-state index < -0.39 is 148 Å². The molecule has 3 saturated heterocycles. The molecular weight excluding hydrogens is 1220 g/mol. The van der Waals surface area contributed by atoms with Crippen LogP contribution in [0.1, 0.15) is 44.9 Å². The molecule has 0 aliphatic carbocycles. The zero-order valence-electron chi connectivity index (χ0n) is 43.8. The minimum atomic E-state index is -6.27. The molecule has 9 rings (SSSR count). The number of nitrogens with two attached hydrogens (primary N) is 3. The van der Waals surface area contributed by atoms with Crippen molar-refractivity contribution in [1.82, 2.24) is 58.9 Å². The van der Waals surface area contributed by atoms with Crippen molar-refractivity contribution in [3.05, 3.63) is 46.0 Å². The van der Waals surface area contributed by atoms with Gasteiger partial charge in [-0.1, -0.05) is 19.8 Å². The van der Waals surface area contributed by atoms with Gasteiger partial charge in [-0.2, -0.15) is 23.2 Å². The summed E-state index contributed by atoms with van der Waals surface area (Å²) in [5.74, 6) is -1.98. The Hall–Kier alpha value is -5.84. The molecule has 3 aliphatic heterocycles. The van der Waals surface area contributed by atoms with Gasteiger partial charge >= 0.3 is 35.1 Å². The molecule has 0 bridgehead atoms. The molecule has 6 aromatic rings. The summed E-state index contributed by atoms with van der Waals surface area (Å²) < 4.78 is 116. The number of aliphatic hydroxyl groups excluding tert-OH is 3. The average molecular weight is 1270 g/mol. The van der Waals surface area contributed by atoms with Crippen molar-refractivity contribution in [2.45, 2.75) is 93.7 Å². The Bertz CT molecular complexity index is 3720. The number of aliphatic hydroxyl groups is 3. The number of aromatic amines is 2. The highest BCUT2D eigenvalue weighted by atomic mass is 31.3. The fraction of sp³-hybridized carbons (Fsp3) is 0.590. The smallest absolute Gasteiger partial charge is 0.490 e. The van der Waals surface area contributed by atoms with Gasteiger partial charge in [-0.3, -0.25) is 42.3 Å². The molecule has 84 heavy (non-hydrogen) atoms. The Balaban J connectivity index is 0.872. The van der Waals surface area contributed by atoms with Crippen LogP contribution >= 0.6 is 31.3 Å². The summed E-state index contributed by atoms with van der Waals surface area (Å²) in [6, 6.07) is 0. The molecule has 3 fully saturated rings. The van der Waals surface area contributed by atoms with Gasteiger partial charge in [-0.25, -0.2) is 43.0 Å². The SMILES string of the molecule is CCCCCOC(=O)NC[C@H]1[C@@H](O)[C@H](n2c[n+](C)c3c(=O)[nH]c(N)nc32)O[C@@H]1COP(=O)(O)OP(=O)(O)OP(=O)(O)OC[C@H]1O[C@@H](n2cnc3c(N)ncnc32)[C@H](OC)[C@@H]1OP(=O)([O-])OC[C@H]1O[C@@H](n2cnc3c(=O)[nH]c(N)nc32)[C@H](O)[C@@H]1O. The number of hydrogen-bond donors (Lipinski definition) is 12. The van der Waals surface area contributed by atoms with E-state index in [0.717, 1.165) is 43.5 Å². The van der Waals surface area contributed by atoms with Crippen molar-refractivity contribution in [3.63, 3.8) is 0 Å². The van der Waals surface area contributed by atoms with Crippen LogP contribution in [-0.2, 0) is 75.7 Å². The number of nitrogens with zero attached hydrogens (tertiary/aromatic N) is 10. The van der Waals surface area contributed by atoms with Crippen LogP contribution in [0.25, 0.3) is 33.5 Å². The van der Waals surface area contributed by atoms with Crippen LogP contribution in [0.5, 0.6) is 0 Å². The molecule has 4 unspecified atom stereocenters. The first-order valence-electron chi connectivity index (χ1n) is 24.8. The average Bonchev–Trinajstić information content (AvgIpc) is 3.45. The number of alkyl carbamates (subject to hydrolysis) is 1. The second kappa shape index (κ2) is 24.9. The standard InChI is InChI=1S/C39H56N16O25P4/c1-4-5-6-7-71-39(61)43-8-16-17(75-34(23(16)56)55-15-52(2)22-31(55)49-38(42)51-33(22)60)9-73-82(64,65)79-84(68,69)80-83(66,67)74-11-19-26(27(70-3)36(77-19)53-13-46-20-28(40)44-12-45-29(20)53)78-81(62,63)72-10-18-24(57)25(58)35(76-18)54-14-47-21-30(54)48-37(41)50-32(21)59/h12-19,23-27,34-36,56-58H,4-11H2,1-3H3,(H12-,40,41,42,43,44,45,48,49,50,51,59,60,61,62,63,64,65,66,67,68,69)/t16-,17-,18-,19-,23-,24-,25-,26-,27-,34-,35-,36-/m1/s1. The molecule has 6 aromatic heterocycles. The number of aromatic nitrogens is 12. The van der Waals surface area contributed by atoms with Crippen LogP contribution in [0.4, 0.5) is 22.5 Å². The van der Waals surface area contributed by atoms with Gasteiger partial charge in [0.15, 0.2) is 35.1 Å². The lowest BCUT2D eigenvalue weighted by atomic mass is 9.98. The summed E-state index contributed by atoms with van der Waals surface area (Å²) in [6.45, 7) is -1.89. The minimum Gasteiger partial charge on any atom is -0.756 e. The Morgan fingerprint density at radius 1 is 0.738 bits per heavy atom. The van der Waals surface area contributed by atoms with Gasteiger partial charge in [-0.15, -0.1) is 0 Å². The van der Waals surface area contributed by atoms with Gasteiger partial charge < -0.3 is 90.1 Å². The van der Waals surface area contributed by atoms with Crippen molar-refractivity contribution in [1.29, 1.82) is 0 Å². The largest absolute Gasteiger partial charge is 0.756 e. The van der Waals surface area contributed by atoms with Gasteiger partial charge in [-0.05, 0) is 6.42 Å². The van der Waals surface area contributed by atoms with Gasteiger partial charge in [0.2, 0.25) is 24.5 Å². The second-order valence-corrected chi connectivity index (χ2v) is 24.8. The van der Waals surface area contributed by atoms with Crippen molar-refractivity contribution in [2.75, 3.05) is 57.3 Å². The number of phosphoric ester groups is 3. The van der Waals surface area contributed by atoms with Gasteiger partial charge in [0.1, 0.15) is 54.6 Å². The molecule has 15 N–H and O–H groups in total. The summed E-state index contributed by atoms with van der Waals surface area (Å²) in [4.78, 5) is 112. The highest BCUT2D eigenvalue weighted by Gasteiger charge is 2.53. The number of unbranched alkanes of at least 4 members (excludes halogenated alkanes) is 2. The number of nitrogen functional groups attached to an aromatic ring is 3. The van der Waals surface area contributed by atoms with Crippen LogP contribution in [0.15, 0.2) is 34.9 Å². The zero-order chi connectivity index (χ0) is 60.8. The molecule has 0 saturated carbocycles. The molecule has 3 aliphatic rings. The molecule has 9 heterocycles. The van der Waals surface area contributed by atoms with Crippen molar-refractivity contribution < 1.29 is 113 Å². The molecular formula is C39H56N16O25P4. The number of methoxy groups -OCH3 is 1. The van der Waals surface area contributed by atoms with Crippen molar-refractivity contribution in [3.8, 4) is 0 Å². The number of phosphoric acid groups is 4. The monoisotopic (exact) mass is 1270 g/mol. The van der Waals surface area contributed by atoms with E-state index in [4.69, 9.17) is 59.0 Å². The third-order valence-electron chi connectivity index (χ3n) is 13.2. The maximum atomic E-state index is 13.7. The van der Waals surface area contributed by atoms with Gasteiger partial charge in [0, 0.05) is 19.6 Å². The fourth-order valence-corrected chi connectivity index (χ4v) is 13.9. The lowest BCUT2D eigenvalue weighted by Gasteiger charge is -2.31. The molecule has 0 radical (unpaired) electrons. The normalized spacial score (nSPS) is 28.4. The maximum absolute atomic E-state index is 13.7. The zero-order valence-corrected chi connectivity index (χ0v) is 47.4. The quantitative estimate of drug-likeness (QED) is 0.0153. The van der Waals surface area contributed by atoms with E-state index in [9.17, 15) is 67.5 Å². The number of rotatable bonds is 25. The predicted octanol–water partition coefficient (Wildman–Crippen LogP) is -3.17. The Kier molecular flexibility index (Phi) is 18.6. The first-order chi connectivity index (χ1) is 39.6. The van der Waals surface area contributed by atoms with Crippen LogP contribution in [0, 0.1) is 5.92 Å². The maximum Gasteiger partial charge on any atom is 0.490 e. The summed E-state index contributed by atoms with van der Waals surface area (Å²) in [5.41, 5.74) is 15.5. The van der Waals surface area contributed by atoms with Crippen LogP contribution in [-0.4, -0.2) is 179 Å². The Morgan fingerprint density at radius 3 is 2.01 bits per heavy atom. The molecule has 16 atom stereocenters. The number of ether oxygens (including phenoxy) is 5. The summed E-state index contributed by atoms with van der Waals surface area (Å²) in [5, 5.41) is 35.8. The van der Waals surface area contributed by atoms with E-state index in [1.165, 1.54) is 27.1 Å². The number of amides is 1. The lowest BCUT2D eigenvalue weighted by molar-refractivity contribution is -0.646. The third kappa shape index (κ3) is 13.6. The number of imidazole rings is 3. The molecule has 45 heteroatoms. The van der Waals surface area contributed by atoms with E-state index in [1.54, 1.807) is 0 Å². The van der Waals surface area contributed by atoms with E-state index in [-0.39, 0.29) is 57.8 Å². The number of nitrogens with one attached hydrogen (secondary N) is 3. The molecule has 0 spiro atoms. The summed E-state index contributed by atoms with van der Waals surface area (Å²) in [6.07, 6.45) is -12.6. The topological polar surface area (TPSA) is 583 Å². The van der Waals surface area contributed by atoms with E-state index in [0.29, 0.717) is 6.42 Å². The Morgan fingerprint density at radius 2 is 1.33 bits per heavy atom. The lowest BCUT2D eigenvalue weighted by Crippen LogP contribution is -2.39. The molecule has 462 valence electrons. The van der Waals surface area contributed by atoms with E-state index >= 15 is 0 Å². The number of fused-ring (bicyclic) bond motifs is 3. The van der Waals surface area contributed by atoms with Crippen LogP contribution in [0.3, 0.4) is 0 Å². The van der Waals surface area contributed by atoms with E-state index in [2.05, 4.69) is 53.8 Å². The first kappa shape index (κ1) is 62.7.